The quantitative estimate of drug-likeness (QED) is 0.835. The number of benzene rings is 1. The number of ether oxygens (including phenoxy) is 1. The summed E-state index contributed by atoms with van der Waals surface area (Å²) >= 11 is 0. The van der Waals surface area contributed by atoms with Gasteiger partial charge in [-0.25, -0.2) is 0 Å². The first-order valence-corrected chi connectivity index (χ1v) is 7.56. The van der Waals surface area contributed by atoms with Crippen molar-refractivity contribution in [2.75, 3.05) is 6.54 Å². The first-order chi connectivity index (χ1) is 9.60. The fourth-order valence-electron chi connectivity index (χ4n) is 2.79. The van der Waals surface area contributed by atoms with Crippen LogP contribution < -0.4 is 10.5 Å². The fourth-order valence-corrected chi connectivity index (χ4v) is 2.79. The Balaban J connectivity index is 2.02. The predicted molar refractivity (Wildman–Crippen MR) is 83.7 cm³/mol. The number of hydrogen-bond acceptors (Lipinski definition) is 2. The van der Waals surface area contributed by atoms with Gasteiger partial charge in [-0.1, -0.05) is 25.7 Å². The lowest BCUT2D eigenvalue weighted by Gasteiger charge is -2.32. The Morgan fingerprint density at radius 3 is 2.70 bits per heavy atom. The zero-order valence-corrected chi connectivity index (χ0v) is 12.8. The molecule has 0 radical (unpaired) electrons. The van der Waals surface area contributed by atoms with Crippen molar-refractivity contribution < 1.29 is 4.74 Å². The smallest absolute Gasteiger partial charge is 0.120 e. The molecule has 1 saturated carbocycles. The summed E-state index contributed by atoms with van der Waals surface area (Å²) in [7, 11) is 0. The third-order valence-electron chi connectivity index (χ3n) is 4.38. The average molecular weight is 271 g/mol. The third-order valence-corrected chi connectivity index (χ3v) is 4.38. The van der Waals surface area contributed by atoms with Gasteiger partial charge in [-0.15, -0.1) is 0 Å². The van der Waals surface area contributed by atoms with Crippen LogP contribution in [0, 0.1) is 30.6 Å². The molecule has 0 amide bonds. The second-order valence-electron chi connectivity index (χ2n) is 5.99. The molecular weight excluding hydrogens is 246 g/mol. The van der Waals surface area contributed by atoms with Crippen LogP contribution >= 0.6 is 0 Å². The van der Waals surface area contributed by atoms with Crippen molar-refractivity contribution in [3.63, 3.8) is 0 Å². The van der Waals surface area contributed by atoms with E-state index in [9.17, 15) is 0 Å². The summed E-state index contributed by atoms with van der Waals surface area (Å²) < 4.78 is 6.14. The molecule has 1 aromatic rings. The maximum Gasteiger partial charge on any atom is 0.120 e. The zero-order chi connectivity index (χ0) is 14.5. The van der Waals surface area contributed by atoms with E-state index < -0.39 is 0 Å². The largest absolute Gasteiger partial charge is 0.490 e. The SMILES string of the molecule is Cc1cc(OC2CCC(C)C(C)C2)ccc1C#CCN. The normalized spacial score (nSPS) is 25.7. The monoisotopic (exact) mass is 271 g/mol. The van der Waals surface area contributed by atoms with Crippen LogP contribution in [0.1, 0.15) is 44.2 Å². The highest BCUT2D eigenvalue weighted by Gasteiger charge is 2.25. The van der Waals surface area contributed by atoms with Gasteiger partial charge in [0.15, 0.2) is 0 Å². The Labute approximate surface area is 122 Å². The molecule has 1 aromatic carbocycles. The second kappa shape index (κ2) is 6.81. The molecule has 0 saturated heterocycles. The van der Waals surface area contributed by atoms with E-state index in [1.807, 2.05) is 12.1 Å². The van der Waals surface area contributed by atoms with Crippen LogP contribution in [0.2, 0.25) is 0 Å². The molecule has 3 unspecified atom stereocenters. The van der Waals surface area contributed by atoms with Crippen molar-refractivity contribution in [2.24, 2.45) is 17.6 Å². The molecule has 0 heterocycles. The number of nitrogens with two attached hydrogens (primary N) is 1. The minimum atomic E-state index is 0.363. The summed E-state index contributed by atoms with van der Waals surface area (Å²) in [6.45, 7) is 7.14. The standard InChI is InChI=1S/C18H25NO/c1-13-6-8-17(11-14(13)2)20-18-9-7-16(5-4-10-19)15(3)12-18/h7,9,12-14,17H,6,8,10-11,19H2,1-3H3. The molecule has 0 bridgehead atoms. The lowest BCUT2D eigenvalue weighted by atomic mass is 9.80. The van der Waals surface area contributed by atoms with E-state index in [1.165, 1.54) is 12.8 Å². The fraction of sp³-hybridized carbons (Fsp3) is 0.556. The molecule has 2 rings (SSSR count). The highest BCUT2D eigenvalue weighted by atomic mass is 16.5. The molecule has 2 heteroatoms. The summed E-state index contributed by atoms with van der Waals surface area (Å²) in [5.41, 5.74) is 7.59. The van der Waals surface area contributed by atoms with Crippen molar-refractivity contribution in [1.82, 2.24) is 0 Å². The van der Waals surface area contributed by atoms with E-state index in [0.29, 0.717) is 12.6 Å². The number of rotatable bonds is 2. The Kier molecular flexibility index (Phi) is 5.09. The van der Waals surface area contributed by atoms with Crippen LogP contribution in [-0.2, 0) is 0 Å². The van der Waals surface area contributed by atoms with Gasteiger partial charge < -0.3 is 10.5 Å². The highest BCUT2D eigenvalue weighted by Crippen LogP contribution is 2.32. The zero-order valence-electron chi connectivity index (χ0n) is 12.8. The van der Waals surface area contributed by atoms with Gasteiger partial charge in [0.1, 0.15) is 5.75 Å². The first-order valence-electron chi connectivity index (χ1n) is 7.56. The van der Waals surface area contributed by atoms with Crippen molar-refractivity contribution in [1.29, 1.82) is 0 Å². The Hall–Kier alpha value is -1.46. The molecule has 0 spiro atoms. The molecule has 2 N–H and O–H groups in total. The summed E-state index contributed by atoms with van der Waals surface area (Å²) in [4.78, 5) is 0. The molecule has 20 heavy (non-hydrogen) atoms. The lowest BCUT2D eigenvalue weighted by Crippen LogP contribution is -2.28. The van der Waals surface area contributed by atoms with E-state index >= 15 is 0 Å². The molecule has 1 fully saturated rings. The third kappa shape index (κ3) is 3.77. The summed E-state index contributed by atoms with van der Waals surface area (Å²) in [5.74, 6) is 8.52. The molecule has 108 valence electrons. The minimum absolute atomic E-state index is 0.363. The molecule has 2 nitrogen and oxygen atoms in total. The number of hydrogen-bond donors (Lipinski definition) is 1. The molecule has 1 aliphatic rings. The van der Waals surface area contributed by atoms with Gasteiger partial charge in [0, 0.05) is 5.56 Å². The molecular formula is C18H25NO. The first kappa shape index (κ1) is 14.9. The molecule has 0 aliphatic heterocycles. The van der Waals surface area contributed by atoms with E-state index in [1.54, 1.807) is 0 Å². The molecule has 1 aliphatic carbocycles. The maximum absolute atomic E-state index is 6.14. The van der Waals surface area contributed by atoms with Gasteiger partial charge in [0.25, 0.3) is 0 Å². The summed E-state index contributed by atoms with van der Waals surface area (Å²) in [6.07, 6.45) is 3.96. The second-order valence-corrected chi connectivity index (χ2v) is 5.99. The van der Waals surface area contributed by atoms with E-state index in [0.717, 1.165) is 35.1 Å². The van der Waals surface area contributed by atoms with Gasteiger partial charge in [-0.2, -0.15) is 0 Å². The van der Waals surface area contributed by atoms with E-state index in [2.05, 4.69) is 38.7 Å². The van der Waals surface area contributed by atoms with Crippen molar-refractivity contribution in [2.45, 2.75) is 46.1 Å². The van der Waals surface area contributed by atoms with Gasteiger partial charge in [-0.3, -0.25) is 0 Å². The van der Waals surface area contributed by atoms with E-state index in [-0.39, 0.29) is 0 Å². The van der Waals surface area contributed by atoms with Crippen molar-refractivity contribution >= 4 is 0 Å². The number of aryl methyl sites for hydroxylation is 1. The van der Waals surface area contributed by atoms with Crippen LogP contribution in [0.4, 0.5) is 0 Å². The highest BCUT2D eigenvalue weighted by molar-refractivity contribution is 5.44. The predicted octanol–water partition coefficient (Wildman–Crippen LogP) is 3.51. The van der Waals surface area contributed by atoms with Gasteiger partial charge in [0.05, 0.1) is 12.6 Å². The van der Waals surface area contributed by atoms with Crippen LogP contribution in [-0.4, -0.2) is 12.6 Å². The maximum atomic E-state index is 6.14. The van der Waals surface area contributed by atoms with E-state index in [4.69, 9.17) is 10.5 Å². The Morgan fingerprint density at radius 1 is 1.25 bits per heavy atom. The van der Waals surface area contributed by atoms with Crippen LogP contribution in [0.25, 0.3) is 0 Å². The molecule has 0 aromatic heterocycles. The van der Waals surface area contributed by atoms with Crippen LogP contribution in [0.3, 0.4) is 0 Å². The Morgan fingerprint density at radius 2 is 2.05 bits per heavy atom. The van der Waals surface area contributed by atoms with Gasteiger partial charge >= 0.3 is 0 Å². The van der Waals surface area contributed by atoms with Gasteiger partial charge in [-0.05, 0) is 61.8 Å². The summed E-state index contributed by atoms with van der Waals surface area (Å²) in [6, 6.07) is 6.14. The van der Waals surface area contributed by atoms with Crippen LogP contribution in [0.5, 0.6) is 5.75 Å². The molecule has 3 atom stereocenters. The van der Waals surface area contributed by atoms with Crippen molar-refractivity contribution in [3.05, 3.63) is 29.3 Å². The van der Waals surface area contributed by atoms with Crippen molar-refractivity contribution in [3.8, 4) is 17.6 Å². The van der Waals surface area contributed by atoms with Gasteiger partial charge in [0.2, 0.25) is 0 Å². The lowest BCUT2D eigenvalue weighted by molar-refractivity contribution is 0.101. The Bertz CT molecular complexity index is 512. The van der Waals surface area contributed by atoms with Crippen LogP contribution in [0.15, 0.2) is 18.2 Å². The summed E-state index contributed by atoms with van der Waals surface area (Å²) in [5, 5.41) is 0. The minimum Gasteiger partial charge on any atom is -0.490 e. The topological polar surface area (TPSA) is 35.2 Å². The average Bonchev–Trinajstić information content (AvgIpc) is 2.42.